The monoisotopic (exact) mass is 330 g/mol. The van der Waals surface area contributed by atoms with Crippen LogP contribution in [-0.2, 0) is 13.0 Å². The third-order valence-corrected chi connectivity index (χ3v) is 4.12. The zero-order valence-electron chi connectivity index (χ0n) is 14.2. The van der Waals surface area contributed by atoms with Crippen molar-refractivity contribution >= 4 is 11.7 Å². The molecule has 1 aromatic carbocycles. The lowest BCUT2D eigenvalue weighted by molar-refractivity contribution is 0.174. The smallest absolute Gasteiger partial charge is 0.319 e. The number of aromatic nitrogens is 2. The summed E-state index contributed by atoms with van der Waals surface area (Å²) in [6, 6.07) is 5.07. The Morgan fingerprint density at radius 2 is 2.08 bits per heavy atom. The standard InChI is InChI=1S/C17H22N4O3/c1-4-21-12(3)14(11(2)20-21)7-8-18-17(22)19-13-5-6-15-16(9-13)24-10-23-15/h5-6,9H,4,7-8,10H2,1-3H3,(H2,18,19,22). The number of nitrogens with one attached hydrogen (secondary N) is 2. The number of anilines is 1. The molecular formula is C17H22N4O3. The molecule has 0 spiro atoms. The summed E-state index contributed by atoms with van der Waals surface area (Å²) < 4.78 is 12.5. The molecule has 0 atom stereocenters. The minimum atomic E-state index is -0.243. The van der Waals surface area contributed by atoms with Crippen LogP contribution in [0.5, 0.6) is 11.5 Å². The molecule has 0 saturated heterocycles. The molecule has 0 aliphatic carbocycles. The Kier molecular flexibility index (Phi) is 4.59. The number of amides is 2. The SMILES string of the molecule is CCn1nc(C)c(CCNC(=O)Nc2ccc3c(c2)OCO3)c1C. The van der Waals surface area contributed by atoms with Gasteiger partial charge in [0.25, 0.3) is 0 Å². The van der Waals surface area contributed by atoms with Gasteiger partial charge in [-0.15, -0.1) is 0 Å². The Morgan fingerprint density at radius 1 is 1.29 bits per heavy atom. The molecule has 1 aliphatic rings. The molecule has 3 rings (SSSR count). The van der Waals surface area contributed by atoms with Gasteiger partial charge in [-0.25, -0.2) is 4.79 Å². The van der Waals surface area contributed by atoms with Crippen LogP contribution in [0.4, 0.5) is 10.5 Å². The number of carbonyl (C=O) groups excluding carboxylic acids is 1. The van der Waals surface area contributed by atoms with Crippen molar-refractivity contribution in [3.05, 3.63) is 35.2 Å². The minimum Gasteiger partial charge on any atom is -0.454 e. The average molecular weight is 330 g/mol. The lowest BCUT2D eigenvalue weighted by Gasteiger charge is -2.08. The summed E-state index contributed by atoms with van der Waals surface area (Å²) in [7, 11) is 0. The predicted molar refractivity (Wildman–Crippen MR) is 90.7 cm³/mol. The zero-order valence-corrected chi connectivity index (χ0v) is 14.2. The van der Waals surface area contributed by atoms with Gasteiger partial charge in [-0.1, -0.05) is 0 Å². The Bertz CT molecular complexity index is 755. The molecule has 0 fully saturated rings. The molecule has 1 aliphatic heterocycles. The van der Waals surface area contributed by atoms with Crippen LogP contribution in [0.2, 0.25) is 0 Å². The van der Waals surface area contributed by atoms with Crippen molar-refractivity contribution in [2.75, 3.05) is 18.7 Å². The van der Waals surface area contributed by atoms with Crippen LogP contribution in [0, 0.1) is 13.8 Å². The van der Waals surface area contributed by atoms with Crippen LogP contribution >= 0.6 is 0 Å². The van der Waals surface area contributed by atoms with Crippen LogP contribution in [0.25, 0.3) is 0 Å². The first kappa shape index (κ1) is 16.2. The second-order valence-electron chi connectivity index (χ2n) is 5.66. The fraction of sp³-hybridized carbons (Fsp3) is 0.412. The minimum absolute atomic E-state index is 0.217. The molecule has 0 unspecified atom stereocenters. The summed E-state index contributed by atoms with van der Waals surface area (Å²) >= 11 is 0. The average Bonchev–Trinajstić information content (AvgIpc) is 3.13. The summed E-state index contributed by atoms with van der Waals surface area (Å²) in [5.41, 5.74) is 4.04. The van der Waals surface area contributed by atoms with Crippen molar-refractivity contribution in [1.82, 2.24) is 15.1 Å². The highest BCUT2D eigenvalue weighted by molar-refractivity contribution is 5.89. The van der Waals surface area contributed by atoms with Gasteiger partial charge in [0.2, 0.25) is 6.79 Å². The maximum Gasteiger partial charge on any atom is 0.319 e. The summed E-state index contributed by atoms with van der Waals surface area (Å²) in [6.07, 6.45) is 0.756. The van der Waals surface area contributed by atoms with E-state index in [1.54, 1.807) is 18.2 Å². The number of hydrogen-bond donors (Lipinski definition) is 2. The Labute approximate surface area is 140 Å². The Hall–Kier alpha value is -2.70. The first-order chi connectivity index (χ1) is 11.6. The third kappa shape index (κ3) is 3.29. The van der Waals surface area contributed by atoms with Gasteiger partial charge in [0.05, 0.1) is 5.69 Å². The number of nitrogens with zero attached hydrogens (tertiary/aromatic N) is 2. The van der Waals surface area contributed by atoms with E-state index in [9.17, 15) is 4.79 Å². The van der Waals surface area contributed by atoms with Crippen molar-refractivity contribution < 1.29 is 14.3 Å². The number of rotatable bonds is 5. The van der Waals surface area contributed by atoms with Crippen LogP contribution in [0.3, 0.4) is 0 Å². The number of fused-ring (bicyclic) bond motifs is 1. The summed E-state index contributed by atoms with van der Waals surface area (Å²) in [6.45, 7) is 7.75. The maximum atomic E-state index is 12.0. The van der Waals surface area contributed by atoms with Gasteiger partial charge >= 0.3 is 6.03 Å². The summed E-state index contributed by atoms with van der Waals surface area (Å²) in [4.78, 5) is 12.0. The van der Waals surface area contributed by atoms with Gasteiger partial charge in [0.1, 0.15) is 0 Å². The maximum absolute atomic E-state index is 12.0. The molecule has 0 bridgehead atoms. The highest BCUT2D eigenvalue weighted by atomic mass is 16.7. The second-order valence-corrected chi connectivity index (χ2v) is 5.66. The molecule has 1 aromatic heterocycles. The largest absolute Gasteiger partial charge is 0.454 e. The van der Waals surface area contributed by atoms with Gasteiger partial charge in [0.15, 0.2) is 11.5 Å². The molecule has 7 heteroatoms. The van der Waals surface area contributed by atoms with E-state index in [0.29, 0.717) is 23.7 Å². The van der Waals surface area contributed by atoms with Crippen molar-refractivity contribution in [3.63, 3.8) is 0 Å². The number of benzene rings is 1. The van der Waals surface area contributed by atoms with Gasteiger partial charge in [0, 0.05) is 30.5 Å². The van der Waals surface area contributed by atoms with Gasteiger partial charge in [-0.05, 0) is 44.9 Å². The lowest BCUT2D eigenvalue weighted by Crippen LogP contribution is -2.30. The van der Waals surface area contributed by atoms with Gasteiger partial charge in [-0.2, -0.15) is 5.10 Å². The zero-order chi connectivity index (χ0) is 17.1. The normalized spacial score (nSPS) is 12.3. The third-order valence-electron chi connectivity index (χ3n) is 4.12. The number of hydrogen-bond acceptors (Lipinski definition) is 4. The van der Waals surface area contributed by atoms with E-state index in [0.717, 1.165) is 24.4 Å². The Morgan fingerprint density at radius 3 is 2.83 bits per heavy atom. The van der Waals surface area contributed by atoms with E-state index in [1.807, 2.05) is 11.6 Å². The van der Waals surface area contributed by atoms with E-state index >= 15 is 0 Å². The lowest BCUT2D eigenvalue weighted by atomic mass is 10.1. The second kappa shape index (κ2) is 6.82. The Balaban J connectivity index is 1.52. The molecule has 2 N–H and O–H groups in total. The van der Waals surface area contributed by atoms with Crippen molar-refractivity contribution in [2.24, 2.45) is 0 Å². The molecule has 128 valence electrons. The molecular weight excluding hydrogens is 308 g/mol. The number of ether oxygens (including phenoxy) is 2. The molecule has 0 radical (unpaired) electrons. The van der Waals surface area contributed by atoms with E-state index in [1.165, 1.54) is 5.56 Å². The first-order valence-electron chi connectivity index (χ1n) is 8.06. The number of urea groups is 1. The quantitative estimate of drug-likeness (QED) is 0.883. The molecule has 0 saturated carbocycles. The van der Waals surface area contributed by atoms with E-state index in [4.69, 9.17) is 9.47 Å². The van der Waals surface area contributed by atoms with E-state index in [-0.39, 0.29) is 12.8 Å². The topological polar surface area (TPSA) is 77.4 Å². The number of aryl methyl sites for hydroxylation is 2. The van der Waals surface area contributed by atoms with Crippen LogP contribution in [0.15, 0.2) is 18.2 Å². The molecule has 24 heavy (non-hydrogen) atoms. The first-order valence-corrected chi connectivity index (χ1v) is 8.06. The molecule has 2 aromatic rings. The molecule has 2 heterocycles. The highest BCUT2D eigenvalue weighted by Gasteiger charge is 2.14. The molecule has 2 amide bonds. The van der Waals surface area contributed by atoms with Gasteiger partial charge in [-0.3, -0.25) is 4.68 Å². The van der Waals surface area contributed by atoms with Crippen LogP contribution in [-0.4, -0.2) is 29.1 Å². The summed E-state index contributed by atoms with van der Waals surface area (Å²) in [5, 5.41) is 10.2. The highest BCUT2D eigenvalue weighted by Crippen LogP contribution is 2.34. The predicted octanol–water partition coefficient (Wildman–Crippen LogP) is 2.61. The summed E-state index contributed by atoms with van der Waals surface area (Å²) in [5.74, 6) is 1.34. The fourth-order valence-electron chi connectivity index (χ4n) is 2.85. The number of carbonyl (C=O) groups is 1. The van der Waals surface area contributed by atoms with Crippen molar-refractivity contribution in [1.29, 1.82) is 0 Å². The van der Waals surface area contributed by atoms with E-state index < -0.39 is 0 Å². The van der Waals surface area contributed by atoms with Gasteiger partial charge < -0.3 is 20.1 Å². The van der Waals surface area contributed by atoms with Crippen LogP contribution in [0.1, 0.15) is 23.9 Å². The fourth-order valence-corrected chi connectivity index (χ4v) is 2.85. The van der Waals surface area contributed by atoms with Crippen molar-refractivity contribution in [3.8, 4) is 11.5 Å². The van der Waals surface area contributed by atoms with Crippen LogP contribution < -0.4 is 20.1 Å². The van der Waals surface area contributed by atoms with E-state index in [2.05, 4.69) is 29.6 Å². The molecule has 7 nitrogen and oxygen atoms in total. The van der Waals surface area contributed by atoms with Crippen molar-refractivity contribution in [2.45, 2.75) is 33.7 Å².